The van der Waals surface area contributed by atoms with E-state index in [1.807, 2.05) is 45.9 Å². The maximum Gasteiger partial charge on any atom is 0.319 e. The first-order valence-electron chi connectivity index (χ1n) is 9.50. The number of piperazine rings is 1. The average Bonchev–Trinajstić information content (AvgIpc) is 3.00. The summed E-state index contributed by atoms with van der Waals surface area (Å²) in [6.45, 7) is 8.42. The number of urea groups is 1. The lowest BCUT2D eigenvalue weighted by Gasteiger charge is -2.35. The van der Waals surface area contributed by atoms with E-state index in [9.17, 15) is 14.4 Å². The predicted octanol–water partition coefficient (Wildman–Crippen LogP) is 1.94. The van der Waals surface area contributed by atoms with E-state index in [2.05, 4.69) is 16.0 Å². The van der Waals surface area contributed by atoms with E-state index in [4.69, 9.17) is 0 Å². The second-order valence-corrected chi connectivity index (χ2v) is 8.03. The minimum atomic E-state index is -0.493. The first kappa shape index (κ1) is 19.2. The molecule has 3 rings (SSSR count). The minimum Gasteiger partial charge on any atom is -0.342 e. The molecular formula is C20H28N4O3. The Morgan fingerprint density at radius 1 is 1.26 bits per heavy atom. The number of anilines is 1. The molecule has 2 fully saturated rings. The zero-order valence-electron chi connectivity index (χ0n) is 16.3. The van der Waals surface area contributed by atoms with Crippen molar-refractivity contribution in [3.05, 3.63) is 29.3 Å². The molecule has 0 aliphatic carbocycles. The fourth-order valence-electron chi connectivity index (χ4n) is 3.77. The zero-order chi connectivity index (χ0) is 19.7. The largest absolute Gasteiger partial charge is 0.342 e. The molecule has 7 nitrogen and oxygen atoms in total. The van der Waals surface area contributed by atoms with Gasteiger partial charge in [-0.2, -0.15) is 0 Å². The molecule has 0 unspecified atom stereocenters. The van der Waals surface area contributed by atoms with Gasteiger partial charge >= 0.3 is 6.03 Å². The van der Waals surface area contributed by atoms with Crippen LogP contribution in [0.25, 0.3) is 0 Å². The summed E-state index contributed by atoms with van der Waals surface area (Å²) in [6.07, 6.45) is 1.06. The number of carbonyl (C=O) groups is 3. The van der Waals surface area contributed by atoms with Gasteiger partial charge < -0.3 is 20.9 Å². The molecule has 0 saturated carbocycles. The molecule has 1 aromatic carbocycles. The van der Waals surface area contributed by atoms with E-state index >= 15 is 0 Å². The second-order valence-electron chi connectivity index (χ2n) is 8.03. The van der Waals surface area contributed by atoms with Gasteiger partial charge in [-0.3, -0.25) is 9.59 Å². The van der Waals surface area contributed by atoms with Crippen molar-refractivity contribution in [2.75, 3.05) is 11.9 Å². The Bertz CT molecular complexity index is 762. The summed E-state index contributed by atoms with van der Waals surface area (Å²) in [5, 5.41) is 8.55. The number of nitrogens with one attached hydrogen (secondary N) is 3. The monoisotopic (exact) mass is 372 g/mol. The molecule has 2 aliphatic heterocycles. The fourth-order valence-corrected chi connectivity index (χ4v) is 3.77. The second kappa shape index (κ2) is 7.58. The van der Waals surface area contributed by atoms with E-state index in [-0.39, 0.29) is 23.9 Å². The van der Waals surface area contributed by atoms with Crippen LogP contribution in [0.2, 0.25) is 0 Å². The van der Waals surface area contributed by atoms with Crippen LogP contribution in [0, 0.1) is 19.8 Å². The van der Waals surface area contributed by atoms with Crippen molar-refractivity contribution < 1.29 is 14.4 Å². The summed E-state index contributed by atoms with van der Waals surface area (Å²) in [6, 6.07) is 4.21. The standard InChI is InChI=1S/C20H28N4O3/c1-11(2)7-16-19(26)24-10-15(9-17(24)18(25)23-16)22-20(27)21-14-6-5-12(3)13(4)8-14/h5-6,8,11,15-17H,7,9-10H2,1-4H3,(H,23,25)(H2,21,22,27)/t15-,16-,17-/m0/s1. The van der Waals surface area contributed by atoms with Crippen molar-refractivity contribution in [1.82, 2.24) is 15.5 Å². The molecule has 0 spiro atoms. The molecule has 3 N–H and O–H groups in total. The minimum absolute atomic E-state index is 0.0489. The number of fused-ring (bicyclic) bond motifs is 1. The van der Waals surface area contributed by atoms with Crippen molar-refractivity contribution in [2.45, 2.75) is 58.7 Å². The van der Waals surface area contributed by atoms with Crippen LogP contribution in [0.4, 0.5) is 10.5 Å². The average molecular weight is 372 g/mol. The SMILES string of the molecule is Cc1ccc(NC(=O)N[C@H]2C[C@H]3C(=O)N[C@@H](CC(C)C)C(=O)N3C2)cc1C. The highest BCUT2D eigenvalue weighted by Crippen LogP contribution is 2.25. The van der Waals surface area contributed by atoms with Gasteiger partial charge in [0.2, 0.25) is 11.8 Å². The van der Waals surface area contributed by atoms with Crippen LogP contribution in [0.3, 0.4) is 0 Å². The van der Waals surface area contributed by atoms with Gasteiger partial charge in [0.1, 0.15) is 12.1 Å². The zero-order valence-corrected chi connectivity index (χ0v) is 16.3. The molecule has 2 heterocycles. The lowest BCUT2D eigenvalue weighted by Crippen LogP contribution is -2.61. The summed E-state index contributed by atoms with van der Waals surface area (Å²) < 4.78 is 0. The Morgan fingerprint density at radius 3 is 2.67 bits per heavy atom. The van der Waals surface area contributed by atoms with Gasteiger partial charge in [0.25, 0.3) is 0 Å². The third-order valence-corrected chi connectivity index (χ3v) is 5.31. The Morgan fingerprint density at radius 2 is 2.00 bits per heavy atom. The van der Waals surface area contributed by atoms with Crippen LogP contribution < -0.4 is 16.0 Å². The van der Waals surface area contributed by atoms with Crippen LogP contribution in [-0.4, -0.2) is 47.4 Å². The molecule has 0 radical (unpaired) electrons. The lowest BCUT2D eigenvalue weighted by atomic mass is 9.99. The maximum absolute atomic E-state index is 12.7. The molecule has 146 valence electrons. The first-order valence-corrected chi connectivity index (χ1v) is 9.50. The number of hydrogen-bond acceptors (Lipinski definition) is 3. The number of nitrogens with zero attached hydrogens (tertiary/aromatic N) is 1. The lowest BCUT2D eigenvalue weighted by molar-refractivity contribution is -0.147. The van der Waals surface area contributed by atoms with E-state index in [0.29, 0.717) is 25.3 Å². The third kappa shape index (κ3) is 4.23. The summed E-state index contributed by atoms with van der Waals surface area (Å²) in [4.78, 5) is 39.0. The van der Waals surface area contributed by atoms with Crippen molar-refractivity contribution in [1.29, 1.82) is 0 Å². The van der Waals surface area contributed by atoms with Crippen LogP contribution in [0.1, 0.15) is 37.8 Å². The molecule has 27 heavy (non-hydrogen) atoms. The molecule has 4 amide bonds. The first-order chi connectivity index (χ1) is 12.7. The Hall–Kier alpha value is -2.57. The summed E-state index contributed by atoms with van der Waals surface area (Å²) in [5.74, 6) is 0.141. The molecule has 2 aliphatic rings. The predicted molar refractivity (Wildman–Crippen MR) is 103 cm³/mol. The number of amides is 4. The molecular weight excluding hydrogens is 344 g/mol. The number of benzene rings is 1. The van der Waals surface area contributed by atoms with Gasteiger partial charge in [-0.25, -0.2) is 4.79 Å². The quantitative estimate of drug-likeness (QED) is 0.754. The van der Waals surface area contributed by atoms with Gasteiger partial charge in [-0.1, -0.05) is 19.9 Å². The fraction of sp³-hybridized carbons (Fsp3) is 0.550. The van der Waals surface area contributed by atoms with Crippen molar-refractivity contribution in [2.24, 2.45) is 5.92 Å². The van der Waals surface area contributed by atoms with Gasteiger partial charge in [-0.05, 0) is 55.9 Å². The Labute approximate surface area is 159 Å². The van der Waals surface area contributed by atoms with Gasteiger partial charge in [0, 0.05) is 12.2 Å². The smallest absolute Gasteiger partial charge is 0.319 e. The summed E-state index contributed by atoms with van der Waals surface area (Å²) >= 11 is 0. The molecule has 3 atom stereocenters. The number of aryl methyl sites for hydroxylation is 2. The van der Waals surface area contributed by atoms with Crippen molar-refractivity contribution in [3.63, 3.8) is 0 Å². The van der Waals surface area contributed by atoms with Gasteiger partial charge in [-0.15, -0.1) is 0 Å². The number of rotatable bonds is 4. The Balaban J connectivity index is 1.60. The highest BCUT2D eigenvalue weighted by Gasteiger charge is 2.46. The molecule has 7 heteroatoms. The van der Waals surface area contributed by atoms with Crippen molar-refractivity contribution >= 4 is 23.5 Å². The van der Waals surface area contributed by atoms with Crippen LogP contribution >= 0.6 is 0 Å². The van der Waals surface area contributed by atoms with Gasteiger partial charge in [0.15, 0.2) is 0 Å². The number of hydrogen-bond donors (Lipinski definition) is 3. The molecule has 0 bridgehead atoms. The summed E-state index contributed by atoms with van der Waals surface area (Å²) in [7, 11) is 0. The maximum atomic E-state index is 12.7. The topological polar surface area (TPSA) is 90.5 Å². The molecule has 1 aromatic rings. The van der Waals surface area contributed by atoms with Crippen LogP contribution in [-0.2, 0) is 9.59 Å². The highest BCUT2D eigenvalue weighted by atomic mass is 16.2. The number of carbonyl (C=O) groups excluding carboxylic acids is 3. The van der Waals surface area contributed by atoms with E-state index in [1.165, 1.54) is 0 Å². The van der Waals surface area contributed by atoms with Crippen molar-refractivity contribution in [3.8, 4) is 0 Å². The van der Waals surface area contributed by atoms with Crippen LogP contribution in [0.15, 0.2) is 18.2 Å². The highest BCUT2D eigenvalue weighted by molar-refractivity contribution is 5.98. The Kier molecular flexibility index (Phi) is 5.39. The van der Waals surface area contributed by atoms with E-state index in [0.717, 1.165) is 16.8 Å². The van der Waals surface area contributed by atoms with Gasteiger partial charge in [0.05, 0.1) is 6.04 Å². The third-order valence-electron chi connectivity index (χ3n) is 5.31. The molecule has 0 aromatic heterocycles. The molecule has 2 saturated heterocycles. The summed E-state index contributed by atoms with van der Waals surface area (Å²) in [5.41, 5.74) is 2.98. The van der Waals surface area contributed by atoms with E-state index < -0.39 is 12.1 Å². The van der Waals surface area contributed by atoms with E-state index in [1.54, 1.807) is 4.90 Å². The van der Waals surface area contributed by atoms with Crippen LogP contribution in [0.5, 0.6) is 0 Å². The normalized spacial score (nSPS) is 24.6.